The Morgan fingerprint density at radius 1 is 0.500 bits per heavy atom. The third kappa shape index (κ3) is 5.95. The summed E-state index contributed by atoms with van der Waals surface area (Å²) in [5.41, 5.74) is 4.37. The summed E-state index contributed by atoms with van der Waals surface area (Å²) in [5, 5.41) is 29.6. The van der Waals surface area contributed by atoms with Gasteiger partial charge in [0.2, 0.25) is 0 Å². The highest BCUT2D eigenvalue weighted by molar-refractivity contribution is 5.84. The lowest BCUT2D eigenvalue weighted by molar-refractivity contribution is 0.475. The minimum Gasteiger partial charge on any atom is -0.508 e. The first-order chi connectivity index (χ1) is 15.3. The molecule has 0 bridgehead atoms. The number of nitrogens with zero attached hydrogens (tertiary/aromatic N) is 2. The van der Waals surface area contributed by atoms with E-state index in [-0.39, 0.29) is 11.5 Å². The normalized spacial score (nSPS) is 10.1. The monoisotopic (exact) mass is 426 g/mol. The number of phenols is 3. The zero-order valence-electron chi connectivity index (χ0n) is 18.3. The van der Waals surface area contributed by atoms with Crippen molar-refractivity contribution in [3.05, 3.63) is 102 Å². The van der Waals surface area contributed by atoms with E-state index < -0.39 is 0 Å². The Balaban J connectivity index is 0.000000139. The standard InChI is InChI=1S/2C10H9NO.C7H8O/c2*1-7-5-6-8-3-2-4-9(12)10(8)11-7;1-6-2-4-7(8)5-3-6/h2*2-6,12H,1H3;2-5,8H,1H3. The lowest BCUT2D eigenvalue weighted by Crippen LogP contribution is -1.82. The van der Waals surface area contributed by atoms with Crippen LogP contribution in [0.25, 0.3) is 21.8 Å². The molecule has 5 nitrogen and oxygen atoms in total. The molecule has 0 aliphatic carbocycles. The number of para-hydroxylation sites is 2. The van der Waals surface area contributed by atoms with E-state index in [1.165, 1.54) is 5.56 Å². The Morgan fingerprint density at radius 2 is 0.938 bits per heavy atom. The van der Waals surface area contributed by atoms with Crippen LogP contribution in [0, 0.1) is 20.8 Å². The van der Waals surface area contributed by atoms with Crippen molar-refractivity contribution in [2.75, 3.05) is 0 Å². The number of benzene rings is 3. The number of hydrogen-bond acceptors (Lipinski definition) is 5. The molecule has 0 amide bonds. The second-order valence-electron chi connectivity index (χ2n) is 7.44. The van der Waals surface area contributed by atoms with Gasteiger partial charge >= 0.3 is 0 Å². The number of hydrogen-bond donors (Lipinski definition) is 3. The van der Waals surface area contributed by atoms with Crippen LogP contribution in [0.2, 0.25) is 0 Å². The van der Waals surface area contributed by atoms with Crippen LogP contribution < -0.4 is 0 Å². The second kappa shape index (κ2) is 10.3. The van der Waals surface area contributed by atoms with Crippen LogP contribution >= 0.6 is 0 Å². The molecule has 0 atom stereocenters. The van der Waals surface area contributed by atoms with E-state index >= 15 is 0 Å². The zero-order chi connectivity index (χ0) is 23.1. The van der Waals surface area contributed by atoms with Crippen molar-refractivity contribution in [3.8, 4) is 17.2 Å². The highest BCUT2D eigenvalue weighted by Gasteiger charge is 2.00. The predicted molar refractivity (Wildman–Crippen MR) is 129 cm³/mol. The number of pyridine rings is 2. The van der Waals surface area contributed by atoms with Crippen molar-refractivity contribution >= 4 is 21.8 Å². The Bertz CT molecular complexity index is 1230. The molecule has 0 saturated heterocycles. The van der Waals surface area contributed by atoms with Crippen LogP contribution in [0.4, 0.5) is 0 Å². The summed E-state index contributed by atoms with van der Waals surface area (Å²) in [6, 6.07) is 25.7. The maximum Gasteiger partial charge on any atom is 0.141 e. The Kier molecular flexibility index (Phi) is 7.24. The zero-order valence-corrected chi connectivity index (χ0v) is 18.3. The van der Waals surface area contributed by atoms with Gasteiger partial charge < -0.3 is 15.3 Å². The summed E-state index contributed by atoms with van der Waals surface area (Å²) in [4.78, 5) is 8.45. The van der Waals surface area contributed by atoms with Crippen molar-refractivity contribution < 1.29 is 15.3 Å². The van der Waals surface area contributed by atoms with Crippen LogP contribution in [0.3, 0.4) is 0 Å². The maximum absolute atomic E-state index is 9.43. The van der Waals surface area contributed by atoms with Crippen LogP contribution in [0.5, 0.6) is 17.2 Å². The SMILES string of the molecule is Cc1ccc(O)cc1.Cc1ccc2cccc(O)c2n1.Cc1ccc2cccc(O)c2n1. The van der Waals surface area contributed by atoms with Crippen molar-refractivity contribution in [3.63, 3.8) is 0 Å². The van der Waals surface area contributed by atoms with Gasteiger partial charge in [0.15, 0.2) is 0 Å². The van der Waals surface area contributed by atoms with Crippen molar-refractivity contribution in [2.24, 2.45) is 0 Å². The summed E-state index contributed by atoms with van der Waals surface area (Å²) in [7, 11) is 0. The van der Waals surface area contributed by atoms with Gasteiger partial charge in [0, 0.05) is 22.2 Å². The minimum atomic E-state index is 0.246. The van der Waals surface area contributed by atoms with E-state index in [0.717, 1.165) is 22.2 Å². The lowest BCUT2D eigenvalue weighted by atomic mass is 10.2. The first-order valence-electron chi connectivity index (χ1n) is 10.2. The molecule has 0 aliphatic rings. The molecule has 32 heavy (non-hydrogen) atoms. The first-order valence-corrected chi connectivity index (χ1v) is 10.2. The summed E-state index contributed by atoms with van der Waals surface area (Å²) in [5.74, 6) is 0.822. The van der Waals surface area contributed by atoms with Crippen LogP contribution in [-0.2, 0) is 0 Å². The van der Waals surface area contributed by atoms with Crippen LogP contribution in [0.15, 0.2) is 84.9 Å². The number of aromatic hydroxyl groups is 3. The summed E-state index contributed by atoms with van der Waals surface area (Å²) < 4.78 is 0. The molecule has 0 saturated carbocycles. The smallest absolute Gasteiger partial charge is 0.141 e. The van der Waals surface area contributed by atoms with Crippen molar-refractivity contribution in [2.45, 2.75) is 20.8 Å². The largest absolute Gasteiger partial charge is 0.508 e. The number of phenolic OH excluding ortho intramolecular Hbond substituents is 3. The second-order valence-corrected chi connectivity index (χ2v) is 7.44. The number of fused-ring (bicyclic) bond motifs is 2. The van der Waals surface area contributed by atoms with Gasteiger partial charge in [0.05, 0.1) is 0 Å². The highest BCUT2D eigenvalue weighted by Crippen LogP contribution is 2.22. The van der Waals surface area contributed by atoms with E-state index in [1.54, 1.807) is 24.3 Å². The van der Waals surface area contributed by atoms with E-state index in [2.05, 4.69) is 9.97 Å². The number of aromatic nitrogens is 2. The van der Waals surface area contributed by atoms with Crippen LogP contribution in [-0.4, -0.2) is 25.3 Å². The lowest BCUT2D eigenvalue weighted by Gasteiger charge is -1.99. The average Bonchev–Trinajstić information content (AvgIpc) is 2.78. The molecular weight excluding hydrogens is 400 g/mol. The van der Waals surface area contributed by atoms with Gasteiger partial charge in [-0.15, -0.1) is 0 Å². The number of aryl methyl sites for hydroxylation is 3. The Hall–Kier alpha value is -4.12. The van der Waals surface area contributed by atoms with Gasteiger partial charge in [-0.3, -0.25) is 0 Å². The topological polar surface area (TPSA) is 86.5 Å². The molecule has 0 unspecified atom stereocenters. The third-order valence-corrected chi connectivity index (χ3v) is 4.71. The molecule has 3 aromatic carbocycles. The van der Waals surface area contributed by atoms with Gasteiger partial charge in [-0.2, -0.15) is 0 Å². The average molecular weight is 427 g/mol. The van der Waals surface area contributed by atoms with Crippen molar-refractivity contribution in [1.82, 2.24) is 9.97 Å². The van der Waals surface area contributed by atoms with Crippen molar-refractivity contribution in [1.29, 1.82) is 0 Å². The van der Waals surface area contributed by atoms with Gasteiger partial charge in [0.1, 0.15) is 28.3 Å². The summed E-state index contributed by atoms with van der Waals surface area (Å²) in [6.45, 7) is 5.80. The van der Waals surface area contributed by atoms with Gasteiger partial charge in [0.25, 0.3) is 0 Å². The Morgan fingerprint density at radius 3 is 1.34 bits per heavy atom. The predicted octanol–water partition coefficient (Wildman–Crippen LogP) is 6.20. The molecule has 5 heteroatoms. The number of rotatable bonds is 0. The molecule has 162 valence electrons. The van der Waals surface area contributed by atoms with Gasteiger partial charge in [-0.1, -0.05) is 54.1 Å². The van der Waals surface area contributed by atoms with E-state index in [9.17, 15) is 10.2 Å². The third-order valence-electron chi connectivity index (χ3n) is 4.71. The van der Waals surface area contributed by atoms with E-state index in [4.69, 9.17) is 5.11 Å². The Labute approximate surface area is 187 Å². The van der Waals surface area contributed by atoms with E-state index in [1.807, 2.05) is 81.4 Å². The van der Waals surface area contributed by atoms with Crippen LogP contribution in [0.1, 0.15) is 17.0 Å². The minimum absolute atomic E-state index is 0.246. The molecule has 2 aromatic heterocycles. The molecular formula is C27H26N2O3. The first kappa shape index (κ1) is 22.6. The van der Waals surface area contributed by atoms with E-state index in [0.29, 0.717) is 16.8 Å². The van der Waals surface area contributed by atoms with Gasteiger partial charge in [-0.05, 0) is 57.2 Å². The van der Waals surface area contributed by atoms with Gasteiger partial charge in [-0.25, -0.2) is 9.97 Å². The molecule has 0 radical (unpaired) electrons. The molecule has 5 aromatic rings. The molecule has 2 heterocycles. The summed E-state index contributed by atoms with van der Waals surface area (Å²) >= 11 is 0. The fourth-order valence-electron chi connectivity index (χ4n) is 3.00. The quantitative estimate of drug-likeness (QED) is 0.274. The molecule has 3 N–H and O–H groups in total. The highest BCUT2D eigenvalue weighted by atomic mass is 16.3. The summed E-state index contributed by atoms with van der Waals surface area (Å²) in [6.07, 6.45) is 0. The fourth-order valence-corrected chi connectivity index (χ4v) is 3.00. The molecule has 0 aliphatic heterocycles. The molecule has 5 rings (SSSR count). The maximum atomic E-state index is 9.43. The fraction of sp³-hybridized carbons (Fsp3) is 0.111. The molecule has 0 spiro atoms. The molecule has 0 fully saturated rings.